The van der Waals surface area contributed by atoms with Crippen molar-refractivity contribution < 1.29 is 14.5 Å². The third-order valence-corrected chi connectivity index (χ3v) is 3.56. The highest BCUT2D eigenvalue weighted by Crippen LogP contribution is 2.27. The van der Waals surface area contributed by atoms with Crippen molar-refractivity contribution in [2.45, 2.75) is 0 Å². The minimum absolute atomic E-state index is 0.0173. The van der Waals surface area contributed by atoms with Crippen molar-refractivity contribution in [3.05, 3.63) is 62.6 Å². The van der Waals surface area contributed by atoms with Gasteiger partial charge in [0.05, 0.1) is 9.95 Å². The molecule has 0 bridgehead atoms. The molecule has 1 amide bonds. The molecule has 0 fully saturated rings. The van der Waals surface area contributed by atoms with E-state index in [2.05, 4.69) is 10.6 Å². The minimum Gasteiger partial charge on any atom is -0.482 e. The van der Waals surface area contributed by atoms with Gasteiger partial charge in [0.2, 0.25) is 0 Å². The maximum atomic E-state index is 11.8. The molecule has 0 heterocycles. The van der Waals surface area contributed by atoms with Gasteiger partial charge in [-0.3, -0.25) is 20.2 Å². The number of hydrogen-bond donors (Lipinski definition) is 2. The fourth-order valence-electron chi connectivity index (χ4n) is 1.76. The third kappa shape index (κ3) is 5.86. The van der Waals surface area contributed by atoms with E-state index in [-0.39, 0.29) is 22.4 Å². The van der Waals surface area contributed by atoms with E-state index in [0.29, 0.717) is 16.5 Å². The molecule has 0 aliphatic rings. The number of nitro benzene ring substituents is 1. The van der Waals surface area contributed by atoms with Crippen LogP contribution >= 0.6 is 35.4 Å². The average molecular weight is 400 g/mol. The molecule has 0 atom stereocenters. The highest BCUT2D eigenvalue weighted by molar-refractivity contribution is 7.80. The monoisotopic (exact) mass is 399 g/mol. The Morgan fingerprint density at radius 2 is 2.00 bits per heavy atom. The number of anilines is 1. The van der Waals surface area contributed by atoms with Gasteiger partial charge in [-0.05, 0) is 36.5 Å². The number of carbonyl (C=O) groups is 1. The Kier molecular flexibility index (Phi) is 6.51. The molecule has 2 aromatic carbocycles. The lowest BCUT2D eigenvalue weighted by Gasteiger charge is -2.11. The molecule has 0 spiro atoms. The van der Waals surface area contributed by atoms with Crippen LogP contribution in [0.25, 0.3) is 0 Å². The second-order valence-electron chi connectivity index (χ2n) is 4.67. The van der Waals surface area contributed by atoms with Crippen LogP contribution in [0.15, 0.2) is 42.5 Å². The van der Waals surface area contributed by atoms with Crippen LogP contribution in [-0.2, 0) is 4.79 Å². The number of carbonyl (C=O) groups excluding carboxylic acids is 1. The highest BCUT2D eigenvalue weighted by atomic mass is 35.5. The summed E-state index contributed by atoms with van der Waals surface area (Å²) >= 11 is 16.7. The van der Waals surface area contributed by atoms with Gasteiger partial charge in [-0.25, -0.2) is 0 Å². The number of hydrogen-bond acceptors (Lipinski definition) is 5. The lowest BCUT2D eigenvalue weighted by Crippen LogP contribution is -2.37. The van der Waals surface area contributed by atoms with Crippen LogP contribution in [0.5, 0.6) is 5.75 Å². The summed E-state index contributed by atoms with van der Waals surface area (Å²) in [6.07, 6.45) is 0. The molecule has 10 heteroatoms. The highest BCUT2D eigenvalue weighted by Gasteiger charge is 2.10. The standard InChI is InChI=1S/C15H11Cl2N3O4S/c16-9-4-5-13(12(17)6-9)24-8-14(21)19-15(25)18-10-2-1-3-11(7-10)20(22)23/h1-7H,8H2,(H2,18,19,21,25). The van der Waals surface area contributed by atoms with Crippen LogP contribution in [0.3, 0.4) is 0 Å². The van der Waals surface area contributed by atoms with Crippen LogP contribution in [0.4, 0.5) is 11.4 Å². The van der Waals surface area contributed by atoms with Crippen LogP contribution < -0.4 is 15.4 Å². The molecule has 0 aliphatic heterocycles. The molecule has 25 heavy (non-hydrogen) atoms. The first-order valence-electron chi connectivity index (χ1n) is 6.78. The van der Waals surface area contributed by atoms with Gasteiger partial charge in [0.25, 0.3) is 11.6 Å². The molecule has 0 aliphatic carbocycles. The molecule has 2 N–H and O–H groups in total. The lowest BCUT2D eigenvalue weighted by molar-refractivity contribution is -0.384. The summed E-state index contributed by atoms with van der Waals surface area (Å²) in [7, 11) is 0. The molecule has 7 nitrogen and oxygen atoms in total. The lowest BCUT2D eigenvalue weighted by atomic mass is 10.3. The summed E-state index contributed by atoms with van der Waals surface area (Å²) in [5, 5.41) is 16.5. The van der Waals surface area contributed by atoms with Gasteiger partial charge in [0.15, 0.2) is 11.7 Å². The number of amides is 1. The maximum absolute atomic E-state index is 11.8. The van der Waals surface area contributed by atoms with E-state index in [9.17, 15) is 14.9 Å². The van der Waals surface area contributed by atoms with Gasteiger partial charge in [-0.2, -0.15) is 0 Å². The quantitative estimate of drug-likeness (QED) is 0.451. The van der Waals surface area contributed by atoms with Gasteiger partial charge >= 0.3 is 0 Å². The molecule has 0 aromatic heterocycles. The Hall–Kier alpha value is -2.42. The number of ether oxygens (including phenoxy) is 1. The number of nitrogens with one attached hydrogen (secondary N) is 2. The Morgan fingerprint density at radius 1 is 1.24 bits per heavy atom. The number of nitro groups is 1. The van der Waals surface area contributed by atoms with Crippen LogP contribution in [0.2, 0.25) is 10.0 Å². The Bertz CT molecular complexity index is 832. The first-order chi connectivity index (χ1) is 11.8. The van der Waals surface area contributed by atoms with Crippen LogP contribution in [0, 0.1) is 10.1 Å². The molecule has 0 saturated carbocycles. The molecule has 2 aromatic rings. The minimum atomic E-state index is -0.531. The molecule has 130 valence electrons. The molecule has 0 radical (unpaired) electrons. The van der Waals surface area contributed by atoms with Gasteiger partial charge in [0, 0.05) is 22.8 Å². The summed E-state index contributed by atoms with van der Waals surface area (Å²) in [6, 6.07) is 10.3. The SMILES string of the molecule is O=C(COc1ccc(Cl)cc1Cl)NC(=S)Nc1cccc([N+](=O)[O-])c1. The molecular weight excluding hydrogens is 389 g/mol. The molecule has 0 unspecified atom stereocenters. The summed E-state index contributed by atoms with van der Waals surface area (Å²) in [4.78, 5) is 22.0. The first kappa shape index (κ1) is 18.9. The second-order valence-corrected chi connectivity index (χ2v) is 5.93. The largest absolute Gasteiger partial charge is 0.482 e. The summed E-state index contributed by atoms with van der Waals surface area (Å²) in [5.41, 5.74) is 0.279. The van der Waals surface area contributed by atoms with Gasteiger partial charge < -0.3 is 10.1 Å². The number of rotatable bonds is 5. The number of thiocarbonyl (C=S) groups is 1. The Morgan fingerprint density at radius 3 is 2.68 bits per heavy atom. The van der Waals surface area contributed by atoms with Gasteiger partial charge in [-0.1, -0.05) is 29.3 Å². The summed E-state index contributed by atoms with van der Waals surface area (Å²) in [6.45, 7) is -0.321. The first-order valence-corrected chi connectivity index (χ1v) is 7.94. The second kappa shape index (κ2) is 8.61. The topological polar surface area (TPSA) is 93.5 Å². The number of non-ortho nitro benzene ring substituents is 1. The maximum Gasteiger partial charge on any atom is 0.271 e. The normalized spacial score (nSPS) is 10.0. The van der Waals surface area contributed by atoms with Crippen LogP contribution in [-0.4, -0.2) is 22.5 Å². The van der Waals surface area contributed by atoms with Gasteiger partial charge in [-0.15, -0.1) is 0 Å². The van der Waals surface area contributed by atoms with E-state index in [1.165, 1.54) is 30.3 Å². The van der Waals surface area contributed by atoms with Crippen molar-refractivity contribution in [1.29, 1.82) is 0 Å². The predicted octanol–water partition coefficient (Wildman–Crippen LogP) is 3.79. The van der Waals surface area contributed by atoms with E-state index in [0.717, 1.165) is 0 Å². The van der Waals surface area contributed by atoms with Crippen molar-refractivity contribution in [3.8, 4) is 5.75 Å². The van der Waals surface area contributed by atoms with E-state index in [4.69, 9.17) is 40.2 Å². The van der Waals surface area contributed by atoms with Gasteiger partial charge in [0.1, 0.15) is 5.75 Å². The van der Waals surface area contributed by atoms with Crippen molar-refractivity contribution in [3.63, 3.8) is 0 Å². The molecular formula is C15H11Cl2N3O4S. The zero-order chi connectivity index (χ0) is 18.4. The average Bonchev–Trinajstić information content (AvgIpc) is 2.54. The van der Waals surface area contributed by atoms with E-state index < -0.39 is 10.8 Å². The molecule has 0 saturated heterocycles. The number of nitrogens with zero attached hydrogens (tertiary/aromatic N) is 1. The fourth-order valence-corrected chi connectivity index (χ4v) is 2.45. The molecule has 2 rings (SSSR count). The third-order valence-electron chi connectivity index (χ3n) is 2.82. The van der Waals surface area contributed by atoms with Crippen molar-refractivity contribution >= 4 is 57.8 Å². The van der Waals surface area contributed by atoms with Crippen molar-refractivity contribution in [1.82, 2.24) is 5.32 Å². The van der Waals surface area contributed by atoms with E-state index in [1.807, 2.05) is 0 Å². The number of halogens is 2. The van der Waals surface area contributed by atoms with E-state index in [1.54, 1.807) is 12.1 Å². The van der Waals surface area contributed by atoms with E-state index >= 15 is 0 Å². The Balaban J connectivity index is 1.86. The predicted molar refractivity (Wildman–Crippen MR) is 99.4 cm³/mol. The summed E-state index contributed by atoms with van der Waals surface area (Å²) in [5.74, 6) is -0.215. The van der Waals surface area contributed by atoms with Crippen LogP contribution in [0.1, 0.15) is 0 Å². The Labute approximate surface area is 158 Å². The zero-order valence-corrected chi connectivity index (χ0v) is 14.8. The zero-order valence-electron chi connectivity index (χ0n) is 12.5. The van der Waals surface area contributed by atoms with Crippen molar-refractivity contribution in [2.24, 2.45) is 0 Å². The smallest absolute Gasteiger partial charge is 0.271 e. The number of benzene rings is 2. The fraction of sp³-hybridized carbons (Fsp3) is 0.0667. The van der Waals surface area contributed by atoms with Crippen molar-refractivity contribution in [2.75, 3.05) is 11.9 Å². The summed E-state index contributed by atoms with van der Waals surface area (Å²) < 4.78 is 5.28.